The van der Waals surface area contributed by atoms with Crippen LogP contribution in [0.3, 0.4) is 0 Å². The molecule has 2 aromatic rings. The van der Waals surface area contributed by atoms with E-state index in [-0.39, 0.29) is 0 Å². The van der Waals surface area contributed by atoms with E-state index in [0.717, 1.165) is 16.8 Å². The molecule has 0 aliphatic heterocycles. The van der Waals surface area contributed by atoms with Crippen molar-refractivity contribution in [2.45, 2.75) is 6.92 Å². The first-order valence-electron chi connectivity index (χ1n) is 6.00. The zero-order chi connectivity index (χ0) is 13.7. The van der Waals surface area contributed by atoms with Crippen molar-refractivity contribution >= 4 is 17.4 Å². The van der Waals surface area contributed by atoms with Crippen LogP contribution in [-0.4, -0.2) is 18.8 Å². The molecule has 2 aromatic carbocycles. The van der Waals surface area contributed by atoms with Crippen LogP contribution in [-0.2, 0) is 9.53 Å². The highest BCUT2D eigenvalue weighted by molar-refractivity contribution is 6.43. The van der Waals surface area contributed by atoms with Crippen LogP contribution in [0.2, 0.25) is 0 Å². The zero-order valence-electron chi connectivity index (χ0n) is 11.0. The van der Waals surface area contributed by atoms with Crippen LogP contribution in [0.25, 0.3) is 0 Å². The van der Waals surface area contributed by atoms with Gasteiger partial charge in [-0.05, 0) is 24.6 Å². The number of nitrogens with zero attached hydrogens (tertiary/aromatic N) is 1. The number of aliphatic imine (C=N–C) groups is 1. The van der Waals surface area contributed by atoms with Crippen molar-refractivity contribution in [3.05, 3.63) is 65.7 Å². The summed E-state index contributed by atoms with van der Waals surface area (Å²) in [5, 5.41) is 0. The molecule has 0 aromatic heterocycles. The largest absolute Gasteiger partial charge is 0.464 e. The first-order valence-corrected chi connectivity index (χ1v) is 6.00. The molecule has 0 fully saturated rings. The molecule has 3 heteroatoms. The van der Waals surface area contributed by atoms with Crippen LogP contribution < -0.4 is 0 Å². The first kappa shape index (κ1) is 13.0. The summed E-state index contributed by atoms with van der Waals surface area (Å²) >= 11 is 0. The molecular weight excluding hydrogens is 238 g/mol. The Bertz CT molecular complexity index is 603. The predicted octanol–water partition coefficient (Wildman–Crippen LogP) is 3.29. The Morgan fingerprint density at radius 2 is 1.79 bits per heavy atom. The Hall–Kier alpha value is -2.42. The van der Waals surface area contributed by atoms with E-state index in [4.69, 9.17) is 4.74 Å². The van der Waals surface area contributed by atoms with Crippen molar-refractivity contribution in [1.29, 1.82) is 0 Å². The van der Waals surface area contributed by atoms with Crippen LogP contribution in [0.4, 0.5) is 5.69 Å². The highest BCUT2D eigenvalue weighted by Crippen LogP contribution is 2.16. The Morgan fingerprint density at radius 3 is 2.42 bits per heavy atom. The van der Waals surface area contributed by atoms with Crippen molar-refractivity contribution < 1.29 is 9.53 Å². The van der Waals surface area contributed by atoms with Crippen molar-refractivity contribution in [2.75, 3.05) is 7.11 Å². The Balaban J connectivity index is 2.47. The van der Waals surface area contributed by atoms with E-state index in [0.29, 0.717) is 5.71 Å². The monoisotopic (exact) mass is 253 g/mol. The molecule has 0 unspecified atom stereocenters. The third kappa shape index (κ3) is 3.28. The highest BCUT2D eigenvalue weighted by Gasteiger charge is 2.14. The minimum absolute atomic E-state index is 0.314. The third-order valence-electron chi connectivity index (χ3n) is 2.67. The van der Waals surface area contributed by atoms with E-state index >= 15 is 0 Å². The van der Waals surface area contributed by atoms with Gasteiger partial charge in [-0.1, -0.05) is 42.5 Å². The molecule has 96 valence electrons. The molecule has 3 nitrogen and oxygen atoms in total. The minimum atomic E-state index is -0.437. The van der Waals surface area contributed by atoms with Gasteiger partial charge in [0.1, 0.15) is 0 Å². The lowest BCUT2D eigenvalue weighted by Crippen LogP contribution is -2.16. The van der Waals surface area contributed by atoms with Crippen LogP contribution in [0.5, 0.6) is 0 Å². The quantitative estimate of drug-likeness (QED) is 0.622. The summed E-state index contributed by atoms with van der Waals surface area (Å²) in [5.41, 5.74) is 2.90. The molecule has 0 saturated heterocycles. The SMILES string of the molecule is COC(=O)C(=Nc1cccc(C)c1)c1ccccc1. The topological polar surface area (TPSA) is 38.7 Å². The molecule has 0 spiro atoms. The van der Waals surface area contributed by atoms with Gasteiger partial charge in [0.15, 0.2) is 5.71 Å². The van der Waals surface area contributed by atoms with Crippen molar-refractivity contribution in [2.24, 2.45) is 4.99 Å². The number of carbonyl (C=O) groups excluding carboxylic acids is 1. The predicted molar refractivity (Wildman–Crippen MR) is 75.8 cm³/mol. The smallest absolute Gasteiger partial charge is 0.357 e. The van der Waals surface area contributed by atoms with E-state index in [1.54, 1.807) is 0 Å². The van der Waals surface area contributed by atoms with E-state index in [1.165, 1.54) is 7.11 Å². The van der Waals surface area contributed by atoms with E-state index in [2.05, 4.69) is 4.99 Å². The van der Waals surface area contributed by atoms with Gasteiger partial charge in [-0.25, -0.2) is 9.79 Å². The normalized spacial score (nSPS) is 11.2. The third-order valence-corrected chi connectivity index (χ3v) is 2.67. The van der Waals surface area contributed by atoms with Gasteiger partial charge >= 0.3 is 5.97 Å². The van der Waals surface area contributed by atoms with Gasteiger partial charge in [-0.15, -0.1) is 0 Å². The molecule has 0 N–H and O–H groups in total. The number of aryl methyl sites for hydroxylation is 1. The number of methoxy groups -OCH3 is 1. The number of hydrogen-bond donors (Lipinski definition) is 0. The molecule has 0 amide bonds. The summed E-state index contributed by atoms with van der Waals surface area (Å²) in [5.74, 6) is -0.437. The Labute approximate surface area is 112 Å². The maximum Gasteiger partial charge on any atom is 0.357 e. The van der Waals surface area contributed by atoms with Crippen molar-refractivity contribution in [3.63, 3.8) is 0 Å². The molecule has 0 heterocycles. The van der Waals surface area contributed by atoms with Gasteiger partial charge < -0.3 is 4.74 Å². The van der Waals surface area contributed by atoms with Crippen LogP contribution in [0, 0.1) is 6.92 Å². The molecule has 0 bridgehead atoms. The number of esters is 1. The zero-order valence-corrected chi connectivity index (χ0v) is 11.0. The number of benzene rings is 2. The molecule has 0 atom stereocenters. The van der Waals surface area contributed by atoms with Gasteiger partial charge in [-0.2, -0.15) is 0 Å². The van der Waals surface area contributed by atoms with E-state index in [1.807, 2.05) is 61.5 Å². The lowest BCUT2D eigenvalue weighted by molar-refractivity contribution is -0.132. The summed E-state index contributed by atoms with van der Waals surface area (Å²) in [6.45, 7) is 1.99. The molecule has 0 aliphatic rings. The van der Waals surface area contributed by atoms with Gasteiger partial charge in [0.25, 0.3) is 0 Å². The molecule has 0 aliphatic carbocycles. The van der Waals surface area contributed by atoms with E-state index in [9.17, 15) is 4.79 Å². The highest BCUT2D eigenvalue weighted by atomic mass is 16.5. The average molecular weight is 253 g/mol. The first-order chi connectivity index (χ1) is 9.20. The van der Waals surface area contributed by atoms with E-state index < -0.39 is 5.97 Å². The summed E-state index contributed by atoms with van der Waals surface area (Å²) in [7, 11) is 1.36. The fourth-order valence-electron chi connectivity index (χ4n) is 1.75. The molecule has 0 saturated carbocycles. The van der Waals surface area contributed by atoms with Gasteiger partial charge in [-0.3, -0.25) is 0 Å². The maximum absolute atomic E-state index is 11.8. The van der Waals surface area contributed by atoms with Gasteiger partial charge in [0, 0.05) is 5.56 Å². The van der Waals surface area contributed by atoms with Crippen molar-refractivity contribution in [3.8, 4) is 0 Å². The maximum atomic E-state index is 11.8. The van der Waals surface area contributed by atoms with Gasteiger partial charge in [0.05, 0.1) is 12.8 Å². The summed E-state index contributed by atoms with van der Waals surface area (Å²) in [6, 6.07) is 17.0. The minimum Gasteiger partial charge on any atom is -0.464 e. The Morgan fingerprint density at radius 1 is 1.05 bits per heavy atom. The van der Waals surface area contributed by atoms with Gasteiger partial charge in [0.2, 0.25) is 0 Å². The van der Waals surface area contributed by atoms with Crippen LogP contribution in [0.15, 0.2) is 59.6 Å². The van der Waals surface area contributed by atoms with Crippen LogP contribution >= 0.6 is 0 Å². The summed E-state index contributed by atoms with van der Waals surface area (Å²) in [6.07, 6.45) is 0. The lowest BCUT2D eigenvalue weighted by Gasteiger charge is -2.05. The molecule has 0 radical (unpaired) electrons. The number of carbonyl (C=O) groups is 1. The fourth-order valence-corrected chi connectivity index (χ4v) is 1.75. The molecule has 2 rings (SSSR count). The second kappa shape index (κ2) is 5.96. The van der Waals surface area contributed by atoms with Crippen LogP contribution in [0.1, 0.15) is 11.1 Å². The fraction of sp³-hybridized carbons (Fsp3) is 0.125. The number of rotatable bonds is 3. The molecular formula is C16H15NO2. The Kier molecular flexibility index (Phi) is 4.08. The lowest BCUT2D eigenvalue weighted by atomic mass is 10.1. The second-order valence-electron chi connectivity index (χ2n) is 4.16. The second-order valence-corrected chi connectivity index (χ2v) is 4.16. The average Bonchev–Trinajstić information content (AvgIpc) is 2.45. The molecule has 19 heavy (non-hydrogen) atoms. The number of hydrogen-bond acceptors (Lipinski definition) is 3. The summed E-state index contributed by atoms with van der Waals surface area (Å²) < 4.78 is 4.80. The summed E-state index contributed by atoms with van der Waals surface area (Å²) in [4.78, 5) is 16.3. The van der Waals surface area contributed by atoms with Crippen molar-refractivity contribution in [1.82, 2.24) is 0 Å². The number of ether oxygens (including phenoxy) is 1. The standard InChI is InChI=1S/C16H15NO2/c1-12-7-6-10-14(11-12)17-15(16(18)19-2)13-8-4-3-5-9-13/h3-11H,1-2H3.